The van der Waals surface area contributed by atoms with Crippen LogP contribution in [0.3, 0.4) is 0 Å². The lowest BCUT2D eigenvalue weighted by Crippen LogP contribution is -2.66. The van der Waals surface area contributed by atoms with E-state index in [1.165, 1.54) is 29.8 Å². The number of ether oxygens (including phenoxy) is 6. The van der Waals surface area contributed by atoms with Gasteiger partial charge in [0.15, 0.2) is 5.75 Å². The van der Waals surface area contributed by atoms with Crippen molar-refractivity contribution >= 4 is 56.7 Å². The van der Waals surface area contributed by atoms with Gasteiger partial charge in [0.1, 0.15) is 53.4 Å². The van der Waals surface area contributed by atoms with E-state index in [2.05, 4.69) is 26.7 Å². The van der Waals surface area contributed by atoms with Crippen molar-refractivity contribution in [3.63, 3.8) is 0 Å². The minimum absolute atomic E-state index is 0.00454. The Hall–Kier alpha value is -5.36. The molecule has 3 fully saturated rings. The lowest BCUT2D eigenvalue weighted by Gasteiger charge is -2.54. The SMILES string of the molecule is Cc1c(Cl)c2c(Cl)c(C)c1-c1c(-c3ccc(F)cc3)sc3ncnc(c13)O[C@@H](C(=O)OC(C)(C)C)Cc1cc(ccc1OCc1ccnc(N3CC4(COC4)C3)n1)OC[C@@H](CN1CCN(C)CC1)O2. The molecule has 11 rings (SSSR count). The third-order valence-electron chi connectivity index (χ3n) is 13.0. The second kappa shape index (κ2) is 19.1. The first-order valence-electron chi connectivity index (χ1n) is 23.1. The Bertz CT molecular complexity index is 2870. The van der Waals surface area contributed by atoms with Crippen molar-refractivity contribution in [3.05, 3.63) is 99.3 Å². The van der Waals surface area contributed by atoms with Crippen LogP contribution in [-0.4, -0.2) is 126 Å². The van der Waals surface area contributed by atoms with Gasteiger partial charge in [0.2, 0.25) is 17.9 Å². The van der Waals surface area contributed by atoms with Crippen molar-refractivity contribution in [1.82, 2.24) is 29.7 Å². The molecule has 3 aromatic heterocycles. The zero-order valence-corrected chi connectivity index (χ0v) is 41.8. The van der Waals surface area contributed by atoms with Gasteiger partial charge in [-0.1, -0.05) is 35.3 Å². The number of piperazine rings is 1. The third kappa shape index (κ3) is 9.89. The second-order valence-corrected chi connectivity index (χ2v) is 21.3. The average Bonchev–Trinajstić information content (AvgIpc) is 3.67. The van der Waals surface area contributed by atoms with Crippen molar-refractivity contribution < 1.29 is 37.6 Å². The molecule has 3 aromatic carbocycles. The van der Waals surface area contributed by atoms with E-state index in [4.69, 9.17) is 66.6 Å². The van der Waals surface area contributed by atoms with E-state index < -0.39 is 23.8 Å². The van der Waals surface area contributed by atoms with Crippen molar-refractivity contribution in [2.45, 2.75) is 65.5 Å². The molecule has 0 aliphatic carbocycles. The predicted octanol–water partition coefficient (Wildman–Crippen LogP) is 9.01. The highest BCUT2D eigenvalue weighted by molar-refractivity contribution is 7.22. The Morgan fingerprint density at radius 1 is 0.942 bits per heavy atom. The molecule has 362 valence electrons. The standard InChI is InChI=1S/C51H54Cl2FN7O7S/c1-29-39-30(2)43(53)44(42(29)52)66-36(21-60-17-15-59(6)16-18-60)23-64-35-11-12-37(65-22-34-13-14-55-49(58-34)61-24-51(25-61)26-63-27-51)32(19-35)20-38(48(62)68-50(3,4)5)67-46-41-40(39)45(69-47(41)57-28-56-46)31-7-9-33(54)10-8-31/h7-14,19,28,36,38H,15-18,20-27H2,1-6H3/t36-,38-/m1/s1. The van der Waals surface area contributed by atoms with Gasteiger partial charge < -0.3 is 38.2 Å². The molecule has 2 atom stereocenters. The van der Waals surface area contributed by atoms with Gasteiger partial charge in [-0.15, -0.1) is 11.3 Å². The molecule has 14 nitrogen and oxygen atoms in total. The van der Waals surface area contributed by atoms with Gasteiger partial charge in [-0.3, -0.25) is 4.90 Å². The van der Waals surface area contributed by atoms with Gasteiger partial charge in [-0.2, -0.15) is 0 Å². The van der Waals surface area contributed by atoms with Crippen LogP contribution in [-0.2, 0) is 27.3 Å². The maximum absolute atomic E-state index is 14.5. The van der Waals surface area contributed by atoms with E-state index in [9.17, 15) is 9.18 Å². The largest absolute Gasteiger partial charge is 0.490 e. The molecule has 1 spiro atoms. The number of hydrogen-bond donors (Lipinski definition) is 0. The lowest BCUT2D eigenvalue weighted by molar-refractivity contribution is -0.163. The molecular weight excluding hydrogens is 945 g/mol. The number of aromatic nitrogens is 4. The highest BCUT2D eigenvalue weighted by atomic mass is 35.5. The second-order valence-electron chi connectivity index (χ2n) is 19.5. The van der Waals surface area contributed by atoms with Crippen molar-refractivity contribution in [3.8, 4) is 44.7 Å². The van der Waals surface area contributed by atoms with E-state index in [1.54, 1.807) is 39.1 Å². The fraction of sp³-hybridized carbons (Fsp3) is 0.431. The fourth-order valence-corrected chi connectivity index (χ4v) is 11.0. The zero-order valence-electron chi connectivity index (χ0n) is 39.4. The third-order valence-corrected chi connectivity index (χ3v) is 15.0. The van der Waals surface area contributed by atoms with Gasteiger partial charge in [0.25, 0.3) is 0 Å². The van der Waals surface area contributed by atoms with Crippen LogP contribution in [0.5, 0.6) is 23.1 Å². The number of fused-ring (bicyclic) bond motifs is 7. The summed E-state index contributed by atoms with van der Waals surface area (Å²) in [6.45, 7) is 16.8. The summed E-state index contributed by atoms with van der Waals surface area (Å²) < 4.78 is 53.0. The number of nitrogens with zero attached hydrogens (tertiary/aromatic N) is 7. The Kier molecular flexibility index (Phi) is 13.1. The van der Waals surface area contributed by atoms with E-state index in [1.807, 2.05) is 38.1 Å². The summed E-state index contributed by atoms with van der Waals surface area (Å²) in [4.78, 5) is 41.5. The molecule has 5 aliphatic rings. The molecule has 3 saturated heterocycles. The molecule has 0 unspecified atom stereocenters. The number of thiophene rings is 1. The Balaban J connectivity index is 1.10. The van der Waals surface area contributed by atoms with Crippen LogP contribution in [0.2, 0.25) is 10.0 Å². The van der Waals surface area contributed by atoms with Crippen LogP contribution in [0.25, 0.3) is 31.8 Å². The molecule has 8 heterocycles. The Morgan fingerprint density at radius 3 is 2.38 bits per heavy atom. The first kappa shape index (κ1) is 47.3. The number of rotatable bonds is 8. The van der Waals surface area contributed by atoms with Crippen LogP contribution in [0.15, 0.2) is 61.1 Å². The maximum Gasteiger partial charge on any atom is 0.348 e. The van der Waals surface area contributed by atoms with Crippen molar-refractivity contribution in [2.75, 3.05) is 77.6 Å². The molecule has 0 saturated carbocycles. The molecule has 5 aliphatic heterocycles. The van der Waals surface area contributed by atoms with Gasteiger partial charge >= 0.3 is 5.97 Å². The average molecular weight is 999 g/mol. The van der Waals surface area contributed by atoms with Crippen LogP contribution in [0, 0.1) is 25.1 Å². The number of carbonyl (C=O) groups excluding carboxylic acids is 1. The molecule has 18 heteroatoms. The Labute approximate surface area is 414 Å². The normalized spacial score (nSPS) is 19.5. The van der Waals surface area contributed by atoms with Crippen LogP contribution < -0.4 is 23.8 Å². The fourth-order valence-electron chi connectivity index (χ4n) is 9.32. The number of likely N-dealkylation sites (N-methyl/N-ethyl adjacent to an activating group) is 1. The maximum atomic E-state index is 14.5. The molecule has 0 N–H and O–H groups in total. The highest BCUT2D eigenvalue weighted by Crippen LogP contribution is 2.53. The molecule has 0 radical (unpaired) electrons. The summed E-state index contributed by atoms with van der Waals surface area (Å²) in [5, 5.41) is 1.17. The van der Waals surface area contributed by atoms with Crippen LogP contribution in [0.1, 0.15) is 43.2 Å². The van der Waals surface area contributed by atoms with Crippen LogP contribution in [0.4, 0.5) is 10.3 Å². The van der Waals surface area contributed by atoms with Crippen molar-refractivity contribution in [2.24, 2.45) is 5.41 Å². The molecular formula is C51H54Cl2FN7O7S. The minimum Gasteiger partial charge on any atom is -0.490 e. The molecule has 69 heavy (non-hydrogen) atoms. The zero-order chi connectivity index (χ0) is 48.2. The van der Waals surface area contributed by atoms with Gasteiger partial charge in [0.05, 0.1) is 39.8 Å². The lowest BCUT2D eigenvalue weighted by atomic mass is 9.78. The van der Waals surface area contributed by atoms with Gasteiger partial charge in [-0.05, 0) is 100 Å². The summed E-state index contributed by atoms with van der Waals surface area (Å²) in [6, 6.07) is 13.6. The van der Waals surface area contributed by atoms with E-state index in [0.717, 1.165) is 62.9 Å². The number of halogens is 3. The van der Waals surface area contributed by atoms with Gasteiger partial charge in [-0.25, -0.2) is 29.1 Å². The van der Waals surface area contributed by atoms with Gasteiger partial charge in [0, 0.05) is 74.4 Å². The smallest absolute Gasteiger partial charge is 0.348 e. The first-order valence-corrected chi connectivity index (χ1v) is 24.7. The monoisotopic (exact) mass is 997 g/mol. The van der Waals surface area contributed by atoms with Crippen LogP contribution >= 0.6 is 34.5 Å². The van der Waals surface area contributed by atoms with E-state index >= 15 is 0 Å². The van der Waals surface area contributed by atoms with E-state index in [-0.39, 0.29) is 36.7 Å². The number of carbonyl (C=O) groups is 1. The molecule has 6 aromatic rings. The number of esters is 1. The molecule has 4 bridgehead atoms. The quantitative estimate of drug-likeness (QED) is 0.134. The summed E-state index contributed by atoms with van der Waals surface area (Å²) in [6.07, 6.45) is 1.38. The number of hydrogen-bond acceptors (Lipinski definition) is 15. The van der Waals surface area contributed by atoms with E-state index in [0.29, 0.717) is 83.5 Å². The first-order chi connectivity index (χ1) is 33.1. The number of anilines is 1. The minimum atomic E-state index is -1.25. The summed E-state index contributed by atoms with van der Waals surface area (Å²) >= 11 is 16.2. The predicted molar refractivity (Wildman–Crippen MR) is 264 cm³/mol. The van der Waals surface area contributed by atoms with Crippen molar-refractivity contribution in [1.29, 1.82) is 0 Å². The topological polar surface area (TPSA) is 134 Å². The Morgan fingerprint density at radius 2 is 1.68 bits per heavy atom. The summed E-state index contributed by atoms with van der Waals surface area (Å²) in [7, 11) is 2.12. The number of benzene rings is 3. The molecule has 0 amide bonds. The summed E-state index contributed by atoms with van der Waals surface area (Å²) in [5.41, 5.74) is 4.09. The summed E-state index contributed by atoms with van der Waals surface area (Å²) in [5.74, 6) is 1.12. The highest BCUT2D eigenvalue weighted by Gasteiger charge is 2.50.